The largest absolute Gasteiger partial charge is 0.383 e. The van der Waals surface area contributed by atoms with Crippen LogP contribution in [0.15, 0.2) is 23.1 Å². The topological polar surface area (TPSA) is 105 Å². The van der Waals surface area contributed by atoms with Gasteiger partial charge < -0.3 is 15.4 Å². The molecule has 2 rings (SSSR count). The smallest absolute Gasteiger partial charge is 0.268 e. The number of halogens is 1. The van der Waals surface area contributed by atoms with E-state index >= 15 is 0 Å². The van der Waals surface area contributed by atoms with Crippen molar-refractivity contribution in [1.82, 2.24) is 14.9 Å². The van der Waals surface area contributed by atoms with Crippen molar-refractivity contribution in [3.05, 3.63) is 29.3 Å². The maximum absolute atomic E-state index is 12.3. The van der Waals surface area contributed by atoms with Gasteiger partial charge in [0, 0.05) is 38.9 Å². The van der Waals surface area contributed by atoms with Crippen LogP contribution in [0.3, 0.4) is 0 Å². The summed E-state index contributed by atoms with van der Waals surface area (Å²) in [5.41, 5.74) is 0.314. The standard InChI is InChI=1S/C15H21N3O5S.ClH/c1-3-18-15(20)12-5-4-11(10-13(12)24(18,21)22)14(19)17-7-6-16-8-9-23-2;/h4-5,10,16H,3,6-9H2,1-2H3,(H,17,19);1H. The lowest BCUT2D eigenvalue weighted by Crippen LogP contribution is -2.33. The number of hydrogen-bond donors (Lipinski definition) is 2. The summed E-state index contributed by atoms with van der Waals surface area (Å²) in [7, 11) is -2.25. The van der Waals surface area contributed by atoms with E-state index in [4.69, 9.17) is 4.74 Å². The third-order valence-electron chi connectivity index (χ3n) is 3.63. The Kier molecular flexibility index (Phi) is 7.81. The number of nitrogens with one attached hydrogen (secondary N) is 2. The number of carbonyl (C=O) groups is 2. The normalized spacial score (nSPS) is 14.8. The fourth-order valence-corrected chi connectivity index (χ4v) is 4.00. The van der Waals surface area contributed by atoms with Crippen molar-refractivity contribution in [2.24, 2.45) is 0 Å². The van der Waals surface area contributed by atoms with Crippen molar-refractivity contribution >= 4 is 34.2 Å². The van der Waals surface area contributed by atoms with E-state index in [-0.39, 0.29) is 40.9 Å². The number of amides is 2. The van der Waals surface area contributed by atoms with Crippen LogP contribution < -0.4 is 10.6 Å². The Morgan fingerprint density at radius 1 is 1.24 bits per heavy atom. The van der Waals surface area contributed by atoms with Crippen LogP contribution in [0.5, 0.6) is 0 Å². The van der Waals surface area contributed by atoms with Crippen LogP contribution in [-0.2, 0) is 14.8 Å². The summed E-state index contributed by atoms with van der Waals surface area (Å²) in [5.74, 6) is -0.939. The molecule has 0 fully saturated rings. The average Bonchev–Trinajstić information content (AvgIpc) is 2.76. The Hall–Kier alpha value is -1.68. The van der Waals surface area contributed by atoms with Gasteiger partial charge in [0.1, 0.15) is 4.90 Å². The van der Waals surface area contributed by atoms with Gasteiger partial charge in [-0.2, -0.15) is 0 Å². The summed E-state index contributed by atoms with van der Waals surface area (Å²) >= 11 is 0. The summed E-state index contributed by atoms with van der Waals surface area (Å²) in [6.45, 7) is 3.87. The van der Waals surface area contributed by atoms with Crippen molar-refractivity contribution in [3.8, 4) is 0 Å². The highest BCUT2D eigenvalue weighted by atomic mass is 35.5. The van der Waals surface area contributed by atoms with Gasteiger partial charge in [0.2, 0.25) is 0 Å². The molecular weight excluding hydrogens is 370 g/mol. The van der Waals surface area contributed by atoms with Crippen molar-refractivity contribution in [1.29, 1.82) is 0 Å². The van der Waals surface area contributed by atoms with Crippen molar-refractivity contribution in [3.63, 3.8) is 0 Å². The van der Waals surface area contributed by atoms with E-state index < -0.39 is 15.9 Å². The molecule has 1 aromatic rings. The molecule has 1 aliphatic rings. The Morgan fingerprint density at radius 3 is 2.60 bits per heavy atom. The molecule has 0 aromatic heterocycles. The lowest BCUT2D eigenvalue weighted by Gasteiger charge is -2.11. The summed E-state index contributed by atoms with van der Waals surface area (Å²) < 4.78 is 30.3. The summed E-state index contributed by atoms with van der Waals surface area (Å²) in [6.07, 6.45) is 0. The Bertz CT molecular complexity index is 739. The molecule has 0 spiro atoms. The molecule has 0 bridgehead atoms. The summed E-state index contributed by atoms with van der Waals surface area (Å²) in [5, 5.41) is 5.78. The van der Waals surface area contributed by atoms with Gasteiger partial charge in [0.25, 0.3) is 21.8 Å². The van der Waals surface area contributed by atoms with Crippen LogP contribution in [0.2, 0.25) is 0 Å². The molecular formula is C15H22ClN3O5S. The number of carbonyl (C=O) groups excluding carboxylic acids is 2. The van der Waals surface area contributed by atoms with Crippen molar-refractivity contribution in [2.45, 2.75) is 11.8 Å². The quantitative estimate of drug-likeness (QED) is 0.615. The van der Waals surface area contributed by atoms with Gasteiger partial charge in [0.15, 0.2) is 0 Å². The van der Waals surface area contributed by atoms with Crippen molar-refractivity contribution < 1.29 is 22.7 Å². The second-order valence-electron chi connectivity index (χ2n) is 5.18. The number of rotatable bonds is 8. The lowest BCUT2D eigenvalue weighted by molar-refractivity contribution is 0.0874. The zero-order chi connectivity index (χ0) is 17.7. The Morgan fingerprint density at radius 2 is 1.96 bits per heavy atom. The average molecular weight is 392 g/mol. The van der Waals surface area contributed by atoms with Crippen LogP contribution in [-0.4, -0.2) is 64.4 Å². The fourth-order valence-electron chi connectivity index (χ4n) is 2.40. The molecule has 1 aromatic carbocycles. The zero-order valence-corrected chi connectivity index (χ0v) is 15.7. The highest BCUT2D eigenvalue weighted by Crippen LogP contribution is 2.30. The predicted octanol–water partition coefficient (Wildman–Crippen LogP) is 0.239. The summed E-state index contributed by atoms with van der Waals surface area (Å²) in [6, 6.07) is 4.10. The molecule has 1 heterocycles. The van der Waals surface area contributed by atoms with Crippen LogP contribution >= 0.6 is 12.4 Å². The van der Waals surface area contributed by atoms with E-state index in [0.29, 0.717) is 26.2 Å². The van der Waals surface area contributed by atoms with E-state index in [9.17, 15) is 18.0 Å². The molecule has 140 valence electrons. The number of sulfonamides is 1. The molecule has 2 N–H and O–H groups in total. The number of ether oxygens (including phenoxy) is 1. The van der Waals surface area contributed by atoms with Gasteiger partial charge in [-0.25, -0.2) is 12.7 Å². The highest BCUT2D eigenvalue weighted by molar-refractivity contribution is 7.90. The lowest BCUT2D eigenvalue weighted by atomic mass is 10.1. The molecule has 1 aliphatic heterocycles. The molecule has 8 nitrogen and oxygen atoms in total. The van der Waals surface area contributed by atoms with Gasteiger partial charge in [-0.05, 0) is 25.1 Å². The minimum Gasteiger partial charge on any atom is -0.383 e. The van der Waals surface area contributed by atoms with E-state index in [1.54, 1.807) is 14.0 Å². The highest BCUT2D eigenvalue weighted by Gasteiger charge is 2.40. The molecule has 0 saturated carbocycles. The SMILES string of the molecule is CCN1C(=O)c2ccc(C(=O)NCCNCCOC)cc2S1(=O)=O.Cl. The number of methoxy groups -OCH3 is 1. The minimum atomic E-state index is -3.86. The second kappa shape index (κ2) is 9.14. The zero-order valence-electron chi connectivity index (χ0n) is 14.1. The van der Waals surface area contributed by atoms with Gasteiger partial charge in [-0.1, -0.05) is 0 Å². The molecule has 2 amide bonds. The molecule has 10 heteroatoms. The van der Waals surface area contributed by atoms with Crippen LogP contribution in [0.25, 0.3) is 0 Å². The minimum absolute atomic E-state index is 0. The number of hydrogen-bond acceptors (Lipinski definition) is 6. The first-order valence-electron chi connectivity index (χ1n) is 7.62. The molecule has 0 radical (unpaired) electrons. The number of fused-ring (bicyclic) bond motifs is 1. The van der Waals surface area contributed by atoms with Gasteiger partial charge in [0.05, 0.1) is 12.2 Å². The fraction of sp³-hybridized carbons (Fsp3) is 0.467. The van der Waals surface area contributed by atoms with Crippen molar-refractivity contribution in [2.75, 3.05) is 39.9 Å². The third kappa shape index (κ3) is 4.49. The Balaban J connectivity index is 0.00000312. The first kappa shape index (κ1) is 21.4. The molecule has 0 atom stereocenters. The Labute approximate surface area is 153 Å². The van der Waals surface area contributed by atoms with Crippen LogP contribution in [0.4, 0.5) is 0 Å². The second-order valence-corrected chi connectivity index (χ2v) is 7.02. The van der Waals surface area contributed by atoms with E-state index in [2.05, 4.69) is 10.6 Å². The maximum Gasteiger partial charge on any atom is 0.268 e. The van der Waals surface area contributed by atoms with Gasteiger partial charge in [-0.3, -0.25) is 9.59 Å². The number of benzene rings is 1. The maximum atomic E-state index is 12.3. The van der Waals surface area contributed by atoms with E-state index in [1.165, 1.54) is 18.2 Å². The third-order valence-corrected chi connectivity index (χ3v) is 5.52. The molecule has 0 saturated heterocycles. The summed E-state index contributed by atoms with van der Waals surface area (Å²) in [4.78, 5) is 24.1. The van der Waals surface area contributed by atoms with E-state index in [1.807, 2.05) is 0 Å². The van der Waals surface area contributed by atoms with E-state index in [0.717, 1.165) is 4.31 Å². The monoisotopic (exact) mass is 391 g/mol. The van der Waals surface area contributed by atoms with Gasteiger partial charge in [-0.15, -0.1) is 12.4 Å². The van der Waals surface area contributed by atoms with Crippen LogP contribution in [0, 0.1) is 0 Å². The first-order chi connectivity index (χ1) is 11.4. The molecule has 25 heavy (non-hydrogen) atoms. The number of nitrogens with zero attached hydrogens (tertiary/aromatic N) is 1. The molecule has 0 unspecified atom stereocenters. The molecule has 0 aliphatic carbocycles. The first-order valence-corrected chi connectivity index (χ1v) is 9.06. The van der Waals surface area contributed by atoms with Gasteiger partial charge >= 0.3 is 0 Å². The van der Waals surface area contributed by atoms with Crippen LogP contribution in [0.1, 0.15) is 27.6 Å². The predicted molar refractivity (Wildman–Crippen MR) is 94.7 cm³/mol.